The summed E-state index contributed by atoms with van der Waals surface area (Å²) in [7, 11) is 1.61. The minimum atomic E-state index is 0.0473. The number of methoxy groups -OCH3 is 1. The van der Waals surface area contributed by atoms with Crippen molar-refractivity contribution in [1.29, 1.82) is 0 Å². The van der Waals surface area contributed by atoms with E-state index >= 15 is 0 Å². The molecule has 4 aromatic rings. The minimum Gasteiger partial charge on any atom is -0.495 e. The normalized spacial score (nSPS) is 14.2. The number of rotatable bonds is 5. The highest BCUT2D eigenvalue weighted by Gasteiger charge is 2.24. The summed E-state index contributed by atoms with van der Waals surface area (Å²) in [6.07, 6.45) is 1.74. The summed E-state index contributed by atoms with van der Waals surface area (Å²) in [6.45, 7) is 2.96. The lowest BCUT2D eigenvalue weighted by molar-refractivity contribution is -0.132. The standard InChI is InChI=1S/C23H22ClN5O2S/c1-31-19-14-16(6-7-18(19)24)27-9-11-28(12-10-27)21(30)15-29-23-17(4-2-8-25-23)22(26-29)20-5-3-13-32-20/h2-8,13-14H,9-12,15H2,1H3. The molecule has 1 aliphatic heterocycles. The molecular formula is C23H22ClN5O2S. The lowest BCUT2D eigenvalue weighted by Gasteiger charge is -2.36. The summed E-state index contributed by atoms with van der Waals surface area (Å²) >= 11 is 7.77. The molecule has 0 radical (unpaired) electrons. The van der Waals surface area contributed by atoms with E-state index in [-0.39, 0.29) is 12.5 Å². The van der Waals surface area contributed by atoms with Gasteiger partial charge in [0.25, 0.3) is 0 Å². The second-order valence-electron chi connectivity index (χ2n) is 7.54. The maximum Gasteiger partial charge on any atom is 0.244 e. The summed E-state index contributed by atoms with van der Waals surface area (Å²) in [4.78, 5) is 22.8. The van der Waals surface area contributed by atoms with Gasteiger partial charge < -0.3 is 14.5 Å². The molecule has 0 aliphatic carbocycles. The van der Waals surface area contributed by atoms with Crippen LogP contribution in [0, 0.1) is 0 Å². The highest BCUT2D eigenvalue weighted by molar-refractivity contribution is 7.13. The lowest BCUT2D eigenvalue weighted by Crippen LogP contribution is -2.49. The number of carbonyl (C=O) groups is 1. The van der Waals surface area contributed by atoms with E-state index in [1.165, 1.54) is 0 Å². The second-order valence-corrected chi connectivity index (χ2v) is 8.90. The number of anilines is 1. The van der Waals surface area contributed by atoms with Gasteiger partial charge in [0, 0.05) is 49.5 Å². The molecule has 1 fully saturated rings. The fraction of sp³-hybridized carbons (Fsp3) is 0.261. The Labute approximate surface area is 194 Å². The van der Waals surface area contributed by atoms with Crippen LogP contribution in [0.4, 0.5) is 5.69 Å². The van der Waals surface area contributed by atoms with Crippen LogP contribution < -0.4 is 9.64 Å². The molecule has 1 aliphatic rings. The number of hydrogen-bond acceptors (Lipinski definition) is 6. The van der Waals surface area contributed by atoms with Gasteiger partial charge in [-0.15, -0.1) is 11.3 Å². The fourth-order valence-electron chi connectivity index (χ4n) is 4.00. The van der Waals surface area contributed by atoms with Crippen molar-refractivity contribution >= 4 is 45.6 Å². The Morgan fingerprint density at radius 3 is 2.75 bits per heavy atom. The van der Waals surface area contributed by atoms with Crippen molar-refractivity contribution in [3.8, 4) is 16.3 Å². The van der Waals surface area contributed by atoms with Gasteiger partial charge in [0.05, 0.1) is 17.0 Å². The van der Waals surface area contributed by atoms with Crippen molar-refractivity contribution in [2.24, 2.45) is 0 Å². The molecule has 9 heteroatoms. The highest BCUT2D eigenvalue weighted by Crippen LogP contribution is 2.31. The lowest BCUT2D eigenvalue weighted by atomic mass is 10.2. The first kappa shape index (κ1) is 20.8. The molecule has 0 saturated carbocycles. The number of ether oxygens (including phenoxy) is 1. The molecule has 0 bridgehead atoms. The van der Waals surface area contributed by atoms with Gasteiger partial charge in [0.2, 0.25) is 5.91 Å². The van der Waals surface area contributed by atoms with E-state index in [9.17, 15) is 4.79 Å². The van der Waals surface area contributed by atoms with E-state index in [0.29, 0.717) is 23.9 Å². The van der Waals surface area contributed by atoms with E-state index in [0.717, 1.165) is 40.4 Å². The largest absolute Gasteiger partial charge is 0.495 e. The Kier molecular flexibility index (Phi) is 5.71. The zero-order chi connectivity index (χ0) is 22.1. The van der Waals surface area contributed by atoms with Crippen LogP contribution in [0.2, 0.25) is 5.02 Å². The second kappa shape index (κ2) is 8.80. The molecule has 3 aromatic heterocycles. The van der Waals surface area contributed by atoms with Crippen LogP contribution in [-0.4, -0.2) is 58.9 Å². The first-order valence-corrected chi connectivity index (χ1v) is 11.6. The van der Waals surface area contributed by atoms with Crippen LogP contribution in [0.1, 0.15) is 0 Å². The fourth-order valence-corrected chi connectivity index (χ4v) is 4.92. The number of fused-ring (bicyclic) bond motifs is 1. The van der Waals surface area contributed by atoms with Crippen LogP contribution in [-0.2, 0) is 11.3 Å². The van der Waals surface area contributed by atoms with E-state index in [1.807, 2.05) is 52.7 Å². The maximum atomic E-state index is 13.1. The Morgan fingerprint density at radius 1 is 1.16 bits per heavy atom. The minimum absolute atomic E-state index is 0.0473. The van der Waals surface area contributed by atoms with Gasteiger partial charge in [-0.05, 0) is 35.7 Å². The van der Waals surface area contributed by atoms with Gasteiger partial charge in [-0.2, -0.15) is 5.10 Å². The van der Waals surface area contributed by atoms with Gasteiger partial charge in [-0.1, -0.05) is 17.7 Å². The molecule has 7 nitrogen and oxygen atoms in total. The molecule has 0 atom stereocenters. The first-order chi connectivity index (χ1) is 15.6. The predicted molar refractivity (Wildman–Crippen MR) is 128 cm³/mol. The SMILES string of the molecule is COc1cc(N2CCN(C(=O)Cn3nc(-c4cccs4)c4cccnc43)CC2)ccc1Cl. The Morgan fingerprint density at radius 2 is 2.00 bits per heavy atom. The average molecular weight is 468 g/mol. The number of carbonyl (C=O) groups excluding carboxylic acids is 1. The van der Waals surface area contributed by atoms with Crippen LogP contribution in [0.3, 0.4) is 0 Å². The average Bonchev–Trinajstić information content (AvgIpc) is 3.48. The maximum absolute atomic E-state index is 13.1. The summed E-state index contributed by atoms with van der Waals surface area (Å²) in [6, 6.07) is 13.7. The number of benzene rings is 1. The summed E-state index contributed by atoms with van der Waals surface area (Å²) in [5.74, 6) is 0.702. The molecule has 0 spiro atoms. The van der Waals surface area contributed by atoms with Gasteiger partial charge in [0.15, 0.2) is 5.65 Å². The molecule has 4 heterocycles. The third-order valence-corrected chi connectivity index (χ3v) is 6.87. The van der Waals surface area contributed by atoms with Crippen molar-refractivity contribution < 1.29 is 9.53 Å². The summed E-state index contributed by atoms with van der Waals surface area (Å²) in [5.41, 5.74) is 2.65. The van der Waals surface area contributed by atoms with E-state index in [4.69, 9.17) is 21.4 Å². The van der Waals surface area contributed by atoms with Gasteiger partial charge in [-0.3, -0.25) is 4.79 Å². The number of amides is 1. The summed E-state index contributed by atoms with van der Waals surface area (Å²) in [5, 5.41) is 8.31. The summed E-state index contributed by atoms with van der Waals surface area (Å²) < 4.78 is 7.05. The van der Waals surface area contributed by atoms with Crippen molar-refractivity contribution in [3.63, 3.8) is 0 Å². The Hall–Kier alpha value is -3.10. The number of nitrogens with zero attached hydrogens (tertiary/aromatic N) is 5. The number of piperazine rings is 1. The van der Waals surface area contributed by atoms with E-state index in [1.54, 1.807) is 29.3 Å². The number of hydrogen-bond donors (Lipinski definition) is 0. The van der Waals surface area contributed by atoms with Crippen LogP contribution in [0.5, 0.6) is 5.75 Å². The van der Waals surface area contributed by atoms with Gasteiger partial charge in [0.1, 0.15) is 18.0 Å². The van der Waals surface area contributed by atoms with Crippen molar-refractivity contribution in [1.82, 2.24) is 19.7 Å². The third kappa shape index (κ3) is 3.91. The van der Waals surface area contributed by atoms with E-state index < -0.39 is 0 Å². The van der Waals surface area contributed by atoms with Crippen molar-refractivity contribution in [3.05, 3.63) is 59.1 Å². The number of pyridine rings is 1. The molecule has 1 amide bonds. The molecular weight excluding hydrogens is 446 g/mol. The van der Waals surface area contributed by atoms with Gasteiger partial charge in [-0.25, -0.2) is 9.67 Å². The van der Waals surface area contributed by atoms with Crippen LogP contribution >= 0.6 is 22.9 Å². The first-order valence-electron chi connectivity index (χ1n) is 10.4. The highest BCUT2D eigenvalue weighted by atomic mass is 35.5. The Bertz CT molecular complexity index is 1250. The Balaban J connectivity index is 1.29. The number of halogens is 1. The molecule has 164 valence electrons. The number of thiophene rings is 1. The quantitative estimate of drug-likeness (QED) is 0.441. The third-order valence-electron chi connectivity index (χ3n) is 5.68. The van der Waals surface area contributed by atoms with Crippen LogP contribution in [0.15, 0.2) is 54.0 Å². The molecule has 0 N–H and O–H groups in total. The predicted octanol–water partition coefficient (Wildman–Crippen LogP) is 4.17. The van der Waals surface area contributed by atoms with Crippen LogP contribution in [0.25, 0.3) is 21.6 Å². The number of aromatic nitrogens is 3. The molecule has 1 saturated heterocycles. The van der Waals surface area contributed by atoms with Crippen molar-refractivity contribution in [2.45, 2.75) is 6.54 Å². The monoisotopic (exact) mass is 467 g/mol. The molecule has 1 aromatic carbocycles. The van der Waals surface area contributed by atoms with E-state index in [2.05, 4.69) is 9.88 Å². The smallest absolute Gasteiger partial charge is 0.244 e. The zero-order valence-corrected chi connectivity index (χ0v) is 19.1. The van der Waals surface area contributed by atoms with Crippen molar-refractivity contribution in [2.75, 3.05) is 38.2 Å². The zero-order valence-electron chi connectivity index (χ0n) is 17.6. The molecule has 0 unspecified atom stereocenters. The molecule has 32 heavy (non-hydrogen) atoms. The van der Waals surface area contributed by atoms with Gasteiger partial charge >= 0.3 is 0 Å². The topological polar surface area (TPSA) is 63.5 Å². The molecule has 5 rings (SSSR count).